The number of fused-ring (bicyclic) bond motifs is 6. The molecule has 11 aromatic rings. The maximum atomic E-state index is 7.12. The molecule has 0 radical (unpaired) electrons. The maximum absolute atomic E-state index is 7.12. The lowest BCUT2D eigenvalue weighted by Gasteiger charge is -2.13. The fourth-order valence-corrected chi connectivity index (χ4v) is 7.84. The first-order valence-corrected chi connectivity index (χ1v) is 18.7. The zero-order valence-corrected chi connectivity index (χ0v) is 30.1. The molecule has 0 fully saturated rings. The van der Waals surface area contributed by atoms with Crippen molar-refractivity contribution in [2.75, 3.05) is 0 Å². The van der Waals surface area contributed by atoms with E-state index in [9.17, 15) is 0 Å². The molecule has 56 heavy (non-hydrogen) atoms. The topological polar surface area (TPSA) is 65.0 Å². The van der Waals surface area contributed by atoms with Gasteiger partial charge in [-0.1, -0.05) is 158 Å². The van der Waals surface area contributed by atoms with E-state index in [-0.39, 0.29) is 0 Å². The van der Waals surface area contributed by atoms with Crippen LogP contribution in [0.3, 0.4) is 0 Å². The normalized spacial score (nSPS) is 11.6. The van der Waals surface area contributed by atoms with E-state index in [4.69, 9.17) is 23.8 Å². The molecular weight excluding hydrogens is 687 g/mol. The Balaban J connectivity index is 1.16. The molecule has 3 aromatic heterocycles. The first-order chi connectivity index (χ1) is 27.7. The van der Waals surface area contributed by atoms with Crippen LogP contribution in [0.1, 0.15) is 0 Å². The van der Waals surface area contributed by atoms with Gasteiger partial charge in [0.2, 0.25) is 0 Å². The lowest BCUT2D eigenvalue weighted by atomic mass is 9.94. The van der Waals surface area contributed by atoms with Crippen LogP contribution >= 0.6 is 0 Å². The van der Waals surface area contributed by atoms with Crippen molar-refractivity contribution < 1.29 is 8.83 Å². The third kappa shape index (κ3) is 5.37. The Morgan fingerprint density at radius 1 is 0.286 bits per heavy atom. The summed E-state index contributed by atoms with van der Waals surface area (Å²) in [6.45, 7) is 0. The van der Waals surface area contributed by atoms with Gasteiger partial charge in [-0.2, -0.15) is 0 Å². The molecule has 0 aliphatic heterocycles. The second-order valence-corrected chi connectivity index (χ2v) is 13.9. The second-order valence-electron chi connectivity index (χ2n) is 13.9. The highest BCUT2D eigenvalue weighted by atomic mass is 16.3. The highest BCUT2D eigenvalue weighted by molar-refractivity contribution is 6.16. The fraction of sp³-hybridized carbons (Fsp3) is 0. The number of para-hydroxylation sites is 2. The summed E-state index contributed by atoms with van der Waals surface area (Å²) in [4.78, 5) is 15.3. The molecule has 5 nitrogen and oxygen atoms in total. The summed E-state index contributed by atoms with van der Waals surface area (Å²) in [5.74, 6) is 1.78. The SMILES string of the molecule is c1ccc(-c2ccc(-c3c(-c4nc(-c5ccccc5)nc(-c5ccccc5)n4)ccc4c3oc3c(-c5ccc6oc7ccccc7c6c5)cccc34)cc2)cc1. The van der Waals surface area contributed by atoms with Crippen LogP contribution in [0.5, 0.6) is 0 Å². The molecule has 8 aromatic carbocycles. The van der Waals surface area contributed by atoms with Gasteiger partial charge in [0.15, 0.2) is 17.5 Å². The van der Waals surface area contributed by atoms with Gasteiger partial charge in [0.1, 0.15) is 22.3 Å². The standard InChI is InChI=1S/C51H31N3O2/c1-4-13-32(14-5-1)33-23-25-34(26-24-33)46-42(51-53-49(35-15-6-2-7-16-35)52-50(54-51)36-17-8-3-9-18-36)29-28-41-40-21-12-20-38(47(40)56-48(41)46)37-27-30-45-43(31-37)39-19-10-11-22-44(39)55-45/h1-31H. The van der Waals surface area contributed by atoms with Crippen LogP contribution in [0.4, 0.5) is 0 Å². The smallest absolute Gasteiger partial charge is 0.164 e. The van der Waals surface area contributed by atoms with Crippen LogP contribution in [0.2, 0.25) is 0 Å². The molecule has 0 spiro atoms. The number of rotatable bonds is 6. The Kier molecular flexibility index (Phi) is 7.42. The summed E-state index contributed by atoms with van der Waals surface area (Å²) in [6.07, 6.45) is 0. The van der Waals surface area contributed by atoms with E-state index >= 15 is 0 Å². The Bertz CT molecular complexity index is 3170. The van der Waals surface area contributed by atoms with E-state index in [0.717, 1.165) is 93.9 Å². The molecule has 11 rings (SSSR count). The molecular formula is C51H31N3O2. The zero-order valence-electron chi connectivity index (χ0n) is 30.1. The van der Waals surface area contributed by atoms with Crippen LogP contribution in [-0.4, -0.2) is 15.0 Å². The Morgan fingerprint density at radius 2 is 0.821 bits per heavy atom. The lowest BCUT2D eigenvalue weighted by molar-refractivity contribution is 0.668. The fourth-order valence-electron chi connectivity index (χ4n) is 7.84. The Hall–Kier alpha value is -7.63. The van der Waals surface area contributed by atoms with Crippen LogP contribution in [0.25, 0.3) is 111 Å². The predicted molar refractivity (Wildman–Crippen MR) is 227 cm³/mol. The first kappa shape index (κ1) is 31.9. The summed E-state index contributed by atoms with van der Waals surface area (Å²) in [7, 11) is 0. The van der Waals surface area contributed by atoms with Crippen molar-refractivity contribution in [3.8, 4) is 67.5 Å². The minimum atomic E-state index is 0.569. The maximum Gasteiger partial charge on any atom is 0.164 e. The minimum absolute atomic E-state index is 0.569. The number of furan rings is 2. The molecule has 0 saturated heterocycles. The predicted octanol–water partition coefficient (Wildman–Crippen LogP) is 13.7. The highest BCUT2D eigenvalue weighted by Crippen LogP contribution is 2.45. The molecule has 262 valence electrons. The number of hydrogen-bond donors (Lipinski definition) is 0. The first-order valence-electron chi connectivity index (χ1n) is 18.7. The van der Waals surface area contributed by atoms with Crippen molar-refractivity contribution in [1.29, 1.82) is 0 Å². The van der Waals surface area contributed by atoms with E-state index in [2.05, 4.69) is 103 Å². The van der Waals surface area contributed by atoms with Gasteiger partial charge in [-0.25, -0.2) is 15.0 Å². The number of hydrogen-bond acceptors (Lipinski definition) is 5. The average molecular weight is 718 g/mol. The molecule has 0 aliphatic carbocycles. The van der Waals surface area contributed by atoms with Gasteiger partial charge in [-0.3, -0.25) is 0 Å². The van der Waals surface area contributed by atoms with Gasteiger partial charge >= 0.3 is 0 Å². The quantitative estimate of drug-likeness (QED) is 0.171. The monoisotopic (exact) mass is 717 g/mol. The number of benzene rings is 8. The summed E-state index contributed by atoms with van der Waals surface area (Å²) in [5.41, 5.74) is 12.3. The van der Waals surface area contributed by atoms with Gasteiger partial charge in [-0.05, 0) is 52.6 Å². The highest BCUT2D eigenvalue weighted by Gasteiger charge is 2.23. The average Bonchev–Trinajstić information content (AvgIpc) is 3.85. The molecule has 0 amide bonds. The molecule has 0 N–H and O–H groups in total. The second kappa shape index (κ2) is 13.0. The van der Waals surface area contributed by atoms with Crippen molar-refractivity contribution in [2.24, 2.45) is 0 Å². The van der Waals surface area contributed by atoms with Gasteiger partial charge in [0.25, 0.3) is 0 Å². The summed E-state index contributed by atoms with van der Waals surface area (Å²) < 4.78 is 13.3. The minimum Gasteiger partial charge on any atom is -0.456 e. The largest absolute Gasteiger partial charge is 0.456 e. The summed E-state index contributed by atoms with van der Waals surface area (Å²) in [5, 5.41) is 4.22. The third-order valence-electron chi connectivity index (χ3n) is 10.6. The summed E-state index contributed by atoms with van der Waals surface area (Å²) in [6, 6.07) is 64.5. The van der Waals surface area contributed by atoms with Crippen molar-refractivity contribution in [1.82, 2.24) is 15.0 Å². The van der Waals surface area contributed by atoms with Crippen LogP contribution in [0.15, 0.2) is 197 Å². The molecule has 0 aliphatic rings. The van der Waals surface area contributed by atoms with Gasteiger partial charge in [0.05, 0.1) is 0 Å². The van der Waals surface area contributed by atoms with Crippen molar-refractivity contribution in [3.63, 3.8) is 0 Å². The lowest BCUT2D eigenvalue weighted by Crippen LogP contribution is -2.01. The summed E-state index contributed by atoms with van der Waals surface area (Å²) >= 11 is 0. The van der Waals surface area contributed by atoms with E-state index in [1.807, 2.05) is 84.9 Å². The van der Waals surface area contributed by atoms with E-state index in [0.29, 0.717) is 17.5 Å². The van der Waals surface area contributed by atoms with Crippen LogP contribution in [0, 0.1) is 0 Å². The van der Waals surface area contributed by atoms with E-state index in [1.165, 1.54) is 0 Å². The number of aromatic nitrogens is 3. The van der Waals surface area contributed by atoms with Crippen molar-refractivity contribution in [2.45, 2.75) is 0 Å². The Morgan fingerprint density at radius 3 is 1.54 bits per heavy atom. The molecule has 3 heterocycles. The molecule has 0 unspecified atom stereocenters. The van der Waals surface area contributed by atoms with E-state index in [1.54, 1.807) is 0 Å². The van der Waals surface area contributed by atoms with Crippen LogP contribution < -0.4 is 0 Å². The molecule has 0 atom stereocenters. The van der Waals surface area contributed by atoms with Crippen molar-refractivity contribution >= 4 is 43.9 Å². The van der Waals surface area contributed by atoms with Gasteiger partial charge in [0, 0.05) is 49.4 Å². The molecule has 5 heteroatoms. The van der Waals surface area contributed by atoms with Gasteiger partial charge < -0.3 is 8.83 Å². The van der Waals surface area contributed by atoms with Gasteiger partial charge in [-0.15, -0.1) is 0 Å². The van der Waals surface area contributed by atoms with Crippen LogP contribution in [-0.2, 0) is 0 Å². The number of nitrogens with zero attached hydrogens (tertiary/aromatic N) is 3. The molecule has 0 saturated carbocycles. The Labute approximate surface area is 322 Å². The van der Waals surface area contributed by atoms with Crippen molar-refractivity contribution in [3.05, 3.63) is 188 Å². The van der Waals surface area contributed by atoms with E-state index < -0.39 is 0 Å². The molecule has 0 bridgehead atoms. The third-order valence-corrected chi connectivity index (χ3v) is 10.6. The zero-order chi connectivity index (χ0) is 37.0.